The van der Waals surface area contributed by atoms with E-state index in [9.17, 15) is 4.79 Å². The number of carbonyl (C=O) groups excluding carboxylic acids is 1. The van der Waals surface area contributed by atoms with Gasteiger partial charge >= 0.3 is 0 Å². The van der Waals surface area contributed by atoms with Gasteiger partial charge in [-0.1, -0.05) is 31.5 Å². The molecule has 1 saturated carbocycles. The van der Waals surface area contributed by atoms with Gasteiger partial charge in [0.25, 0.3) is 5.78 Å². The second-order valence-corrected chi connectivity index (χ2v) is 7.46. The standard InChI is InChI=1S/C17H25N5OS/c1-10-7-5-6-8-14(10)19-15(23)9-13-11(2)18-16-20-17(24-4)21-22(16)12(13)3/h10,14H,5-9H2,1-4H3,(H,19,23). The van der Waals surface area contributed by atoms with E-state index in [1.54, 1.807) is 4.52 Å². The van der Waals surface area contributed by atoms with Crippen molar-refractivity contribution < 1.29 is 4.79 Å². The monoisotopic (exact) mass is 347 g/mol. The third kappa shape index (κ3) is 3.41. The summed E-state index contributed by atoms with van der Waals surface area (Å²) in [6.07, 6.45) is 7.05. The number of carbonyl (C=O) groups is 1. The molecule has 7 heteroatoms. The third-order valence-electron chi connectivity index (χ3n) is 5.01. The first-order valence-corrected chi connectivity index (χ1v) is 9.78. The third-order valence-corrected chi connectivity index (χ3v) is 5.55. The molecule has 1 N–H and O–H groups in total. The van der Waals surface area contributed by atoms with Gasteiger partial charge in [0.15, 0.2) is 0 Å². The van der Waals surface area contributed by atoms with Gasteiger partial charge in [0.1, 0.15) is 0 Å². The van der Waals surface area contributed by atoms with Gasteiger partial charge in [-0.25, -0.2) is 9.50 Å². The summed E-state index contributed by atoms with van der Waals surface area (Å²) >= 11 is 1.49. The fraction of sp³-hybridized carbons (Fsp3) is 0.647. The fourth-order valence-electron chi connectivity index (χ4n) is 3.48. The zero-order valence-corrected chi connectivity index (χ0v) is 15.6. The van der Waals surface area contributed by atoms with Crippen LogP contribution in [0.25, 0.3) is 5.78 Å². The molecule has 3 rings (SSSR count). The molecule has 24 heavy (non-hydrogen) atoms. The summed E-state index contributed by atoms with van der Waals surface area (Å²) in [7, 11) is 0. The van der Waals surface area contributed by atoms with Crippen molar-refractivity contribution in [3.63, 3.8) is 0 Å². The average molecular weight is 347 g/mol. The molecular weight excluding hydrogens is 322 g/mol. The summed E-state index contributed by atoms with van der Waals surface area (Å²) in [4.78, 5) is 21.4. The molecule has 6 nitrogen and oxygen atoms in total. The van der Waals surface area contributed by atoms with Crippen LogP contribution < -0.4 is 5.32 Å². The minimum absolute atomic E-state index is 0.0753. The lowest BCUT2D eigenvalue weighted by molar-refractivity contribution is -0.121. The van der Waals surface area contributed by atoms with E-state index in [4.69, 9.17) is 0 Å². The second-order valence-electron chi connectivity index (χ2n) is 6.68. The Kier molecular flexibility index (Phi) is 5.08. The fourth-order valence-corrected chi connectivity index (χ4v) is 3.82. The predicted molar refractivity (Wildman–Crippen MR) is 95.3 cm³/mol. The van der Waals surface area contributed by atoms with E-state index in [2.05, 4.69) is 27.3 Å². The Bertz CT molecular complexity index is 757. The molecule has 1 aliphatic rings. The van der Waals surface area contributed by atoms with Gasteiger partial charge in [0.2, 0.25) is 11.1 Å². The van der Waals surface area contributed by atoms with E-state index in [-0.39, 0.29) is 5.91 Å². The smallest absolute Gasteiger partial charge is 0.253 e. The van der Waals surface area contributed by atoms with E-state index >= 15 is 0 Å². The van der Waals surface area contributed by atoms with Crippen LogP contribution in [0.2, 0.25) is 0 Å². The molecule has 2 unspecified atom stereocenters. The lowest BCUT2D eigenvalue weighted by Gasteiger charge is -2.29. The van der Waals surface area contributed by atoms with E-state index < -0.39 is 0 Å². The van der Waals surface area contributed by atoms with Gasteiger partial charge < -0.3 is 5.32 Å². The number of aryl methyl sites for hydroxylation is 2. The highest BCUT2D eigenvalue weighted by molar-refractivity contribution is 7.98. The predicted octanol–water partition coefficient (Wildman–Crippen LogP) is 2.70. The lowest BCUT2D eigenvalue weighted by atomic mass is 9.86. The molecule has 1 amide bonds. The van der Waals surface area contributed by atoms with Crippen LogP contribution in [0.3, 0.4) is 0 Å². The van der Waals surface area contributed by atoms with Crippen molar-refractivity contribution in [1.82, 2.24) is 24.9 Å². The summed E-state index contributed by atoms with van der Waals surface area (Å²) in [5, 5.41) is 8.36. The summed E-state index contributed by atoms with van der Waals surface area (Å²) in [5.41, 5.74) is 2.74. The van der Waals surface area contributed by atoms with Gasteiger partial charge in [-0.3, -0.25) is 4.79 Å². The van der Waals surface area contributed by atoms with Crippen molar-refractivity contribution in [2.45, 2.75) is 64.1 Å². The molecule has 130 valence electrons. The molecule has 0 radical (unpaired) electrons. The maximum Gasteiger partial charge on any atom is 0.253 e. The number of thioether (sulfide) groups is 1. The van der Waals surface area contributed by atoms with Gasteiger partial charge in [0, 0.05) is 23.0 Å². The number of amides is 1. The topological polar surface area (TPSA) is 72.2 Å². The first kappa shape index (κ1) is 17.2. The molecule has 2 heterocycles. The van der Waals surface area contributed by atoms with Crippen molar-refractivity contribution in [1.29, 1.82) is 0 Å². The number of fused-ring (bicyclic) bond motifs is 1. The summed E-state index contributed by atoms with van der Waals surface area (Å²) < 4.78 is 1.74. The van der Waals surface area contributed by atoms with Gasteiger partial charge in [-0.2, -0.15) is 4.98 Å². The molecule has 2 atom stereocenters. The highest BCUT2D eigenvalue weighted by atomic mass is 32.2. The Balaban J connectivity index is 1.80. The van der Waals surface area contributed by atoms with E-state index in [1.807, 2.05) is 20.1 Å². The number of nitrogens with one attached hydrogen (secondary N) is 1. The number of hydrogen-bond acceptors (Lipinski definition) is 5. The van der Waals surface area contributed by atoms with Crippen LogP contribution in [0.1, 0.15) is 49.6 Å². The van der Waals surface area contributed by atoms with Gasteiger partial charge in [0.05, 0.1) is 6.42 Å². The van der Waals surface area contributed by atoms with Crippen LogP contribution in [0.5, 0.6) is 0 Å². The van der Waals surface area contributed by atoms with Crippen LogP contribution in [0.15, 0.2) is 5.16 Å². The Labute approximate surface area is 146 Å². The molecule has 0 aromatic carbocycles. The summed E-state index contributed by atoms with van der Waals surface area (Å²) in [5.74, 6) is 1.23. The number of hydrogen-bond donors (Lipinski definition) is 1. The van der Waals surface area contributed by atoms with Crippen molar-refractivity contribution in [3.05, 3.63) is 17.0 Å². The largest absolute Gasteiger partial charge is 0.353 e. The highest BCUT2D eigenvalue weighted by Gasteiger charge is 2.24. The molecule has 0 saturated heterocycles. The van der Waals surface area contributed by atoms with Crippen molar-refractivity contribution in [2.24, 2.45) is 5.92 Å². The summed E-state index contributed by atoms with van der Waals surface area (Å²) in [6, 6.07) is 0.304. The number of aromatic nitrogens is 4. The van der Waals surface area contributed by atoms with Crippen LogP contribution in [0, 0.1) is 19.8 Å². The van der Waals surface area contributed by atoms with Crippen LogP contribution in [-0.2, 0) is 11.2 Å². The van der Waals surface area contributed by atoms with Crippen LogP contribution in [-0.4, -0.2) is 37.8 Å². The Morgan fingerprint density at radius 1 is 1.29 bits per heavy atom. The normalized spacial score (nSPS) is 21.2. The summed E-state index contributed by atoms with van der Waals surface area (Å²) in [6.45, 7) is 6.15. The molecule has 1 aliphatic carbocycles. The molecular formula is C17H25N5OS. The Morgan fingerprint density at radius 3 is 2.75 bits per heavy atom. The lowest BCUT2D eigenvalue weighted by Crippen LogP contribution is -2.41. The molecule has 2 aromatic heterocycles. The first-order chi connectivity index (χ1) is 11.5. The SMILES string of the molecule is CSc1nc2nc(C)c(CC(=O)NC3CCCCC3C)c(C)n2n1. The van der Waals surface area contributed by atoms with Crippen molar-refractivity contribution in [2.75, 3.05) is 6.26 Å². The van der Waals surface area contributed by atoms with E-state index in [0.717, 1.165) is 23.4 Å². The molecule has 0 bridgehead atoms. The van der Waals surface area contributed by atoms with Crippen LogP contribution >= 0.6 is 11.8 Å². The van der Waals surface area contributed by atoms with Gasteiger partial charge in [-0.05, 0) is 38.9 Å². The van der Waals surface area contributed by atoms with E-state index in [0.29, 0.717) is 29.3 Å². The molecule has 1 fully saturated rings. The van der Waals surface area contributed by atoms with Crippen LogP contribution in [0.4, 0.5) is 0 Å². The molecule has 0 aliphatic heterocycles. The highest BCUT2D eigenvalue weighted by Crippen LogP contribution is 2.24. The zero-order valence-electron chi connectivity index (χ0n) is 14.8. The van der Waals surface area contributed by atoms with Gasteiger partial charge in [-0.15, -0.1) is 5.10 Å². The average Bonchev–Trinajstić information content (AvgIpc) is 2.97. The first-order valence-electron chi connectivity index (χ1n) is 8.55. The second kappa shape index (κ2) is 7.09. The zero-order chi connectivity index (χ0) is 17.3. The Morgan fingerprint density at radius 2 is 2.04 bits per heavy atom. The minimum atomic E-state index is 0.0753. The Hall–Kier alpha value is -1.63. The maximum absolute atomic E-state index is 12.5. The quantitative estimate of drug-likeness (QED) is 0.861. The minimum Gasteiger partial charge on any atom is -0.353 e. The molecule has 0 spiro atoms. The number of rotatable bonds is 4. The van der Waals surface area contributed by atoms with Crippen molar-refractivity contribution in [3.8, 4) is 0 Å². The van der Waals surface area contributed by atoms with E-state index in [1.165, 1.54) is 31.0 Å². The number of nitrogens with zero attached hydrogens (tertiary/aromatic N) is 4. The van der Waals surface area contributed by atoms with Crippen molar-refractivity contribution >= 4 is 23.4 Å². The molecule has 2 aromatic rings. The maximum atomic E-state index is 12.5.